The molecule has 1 unspecified atom stereocenters. The fourth-order valence-corrected chi connectivity index (χ4v) is 7.81. The van der Waals surface area contributed by atoms with E-state index in [2.05, 4.69) is 38.2 Å². The summed E-state index contributed by atoms with van der Waals surface area (Å²) in [7, 11) is 0. The quantitative estimate of drug-likeness (QED) is 0.0376. The Balaban J connectivity index is 3.40. The average molecular weight is 817 g/mol. The second-order valence-corrected chi connectivity index (χ2v) is 17.6. The third kappa shape index (κ3) is 47.1. The standard InChI is InChI=1S/C53H100O5/c1-3-5-7-9-11-13-15-17-19-20-21-22-23-24-25-26-27-28-29-30-31-32-33-34-36-37-39-41-43-45-47-52(55)57-50-51(49-54)58-53(56)48-46-44-42-40-38-35-18-16-14-12-10-8-6-4-2/h10,12,16,18,51,54H,3-9,11,13-15,17,19-50H2,1-2H3/b12-10-,18-16-. The van der Waals surface area contributed by atoms with Gasteiger partial charge < -0.3 is 14.6 Å². The van der Waals surface area contributed by atoms with Crippen LogP contribution in [0.25, 0.3) is 0 Å². The Kier molecular flexibility index (Phi) is 48.4. The van der Waals surface area contributed by atoms with Crippen molar-refractivity contribution in [1.82, 2.24) is 0 Å². The van der Waals surface area contributed by atoms with Crippen LogP contribution in [0.4, 0.5) is 0 Å². The maximum Gasteiger partial charge on any atom is 0.306 e. The van der Waals surface area contributed by atoms with Gasteiger partial charge in [0.15, 0.2) is 6.10 Å². The van der Waals surface area contributed by atoms with Crippen molar-refractivity contribution in [2.75, 3.05) is 13.2 Å². The zero-order valence-corrected chi connectivity index (χ0v) is 39.1. The van der Waals surface area contributed by atoms with Crippen molar-refractivity contribution >= 4 is 11.9 Å². The van der Waals surface area contributed by atoms with E-state index >= 15 is 0 Å². The minimum absolute atomic E-state index is 0.0668. The highest BCUT2D eigenvalue weighted by molar-refractivity contribution is 5.70. The third-order valence-electron chi connectivity index (χ3n) is 11.7. The number of esters is 2. The number of rotatable bonds is 48. The van der Waals surface area contributed by atoms with Gasteiger partial charge in [0.1, 0.15) is 6.61 Å². The first kappa shape index (κ1) is 56.4. The zero-order chi connectivity index (χ0) is 42.1. The van der Waals surface area contributed by atoms with Crippen molar-refractivity contribution in [3.8, 4) is 0 Å². The van der Waals surface area contributed by atoms with Crippen LogP contribution in [0.3, 0.4) is 0 Å². The summed E-state index contributed by atoms with van der Waals surface area (Å²) in [6.45, 7) is 4.12. The van der Waals surface area contributed by atoms with E-state index in [9.17, 15) is 14.7 Å². The predicted molar refractivity (Wildman–Crippen MR) is 251 cm³/mol. The van der Waals surface area contributed by atoms with Crippen LogP contribution in [-0.2, 0) is 19.1 Å². The summed E-state index contributed by atoms with van der Waals surface area (Å²) in [5, 5.41) is 9.60. The monoisotopic (exact) mass is 817 g/mol. The molecule has 342 valence electrons. The number of hydrogen-bond acceptors (Lipinski definition) is 5. The molecule has 0 radical (unpaired) electrons. The lowest BCUT2D eigenvalue weighted by molar-refractivity contribution is -0.161. The SMILES string of the molecule is CCCC/C=C\C/C=C\CCCCCCCC(=O)OC(CO)COC(=O)CCCCCCCCCCCCCCCCCCCCCCCCCCCCCCCC. The molecule has 0 amide bonds. The zero-order valence-electron chi connectivity index (χ0n) is 39.1. The highest BCUT2D eigenvalue weighted by Gasteiger charge is 2.16. The van der Waals surface area contributed by atoms with E-state index in [0.717, 1.165) is 51.4 Å². The number of unbranched alkanes of at least 4 members (excludes halogenated alkanes) is 36. The van der Waals surface area contributed by atoms with Gasteiger partial charge in [-0.25, -0.2) is 0 Å². The second-order valence-electron chi connectivity index (χ2n) is 17.6. The van der Waals surface area contributed by atoms with E-state index in [1.807, 2.05) is 0 Å². The molecule has 0 aromatic heterocycles. The lowest BCUT2D eigenvalue weighted by Gasteiger charge is -2.15. The minimum atomic E-state index is -0.775. The van der Waals surface area contributed by atoms with Gasteiger partial charge in [0.2, 0.25) is 0 Å². The molecule has 5 heteroatoms. The molecule has 5 nitrogen and oxygen atoms in total. The van der Waals surface area contributed by atoms with Crippen LogP contribution in [0.15, 0.2) is 24.3 Å². The number of hydrogen-bond donors (Lipinski definition) is 1. The summed E-state index contributed by atoms with van der Waals surface area (Å²) >= 11 is 0. The van der Waals surface area contributed by atoms with Crippen molar-refractivity contribution in [3.63, 3.8) is 0 Å². The molecule has 0 spiro atoms. The molecular formula is C53H100O5. The van der Waals surface area contributed by atoms with E-state index in [0.29, 0.717) is 12.8 Å². The first-order chi connectivity index (χ1) is 28.6. The fourth-order valence-electron chi connectivity index (χ4n) is 7.81. The minimum Gasteiger partial charge on any atom is -0.462 e. The van der Waals surface area contributed by atoms with Crippen LogP contribution in [0, 0.1) is 0 Å². The molecule has 0 bridgehead atoms. The third-order valence-corrected chi connectivity index (χ3v) is 11.7. The Bertz CT molecular complexity index is 882. The Morgan fingerprint density at radius 1 is 0.397 bits per heavy atom. The Labute approximate surface area is 362 Å². The molecule has 0 saturated heterocycles. The Morgan fingerprint density at radius 3 is 1.07 bits per heavy atom. The van der Waals surface area contributed by atoms with E-state index in [1.54, 1.807) is 0 Å². The van der Waals surface area contributed by atoms with Gasteiger partial charge in [0, 0.05) is 12.8 Å². The smallest absolute Gasteiger partial charge is 0.306 e. The fraction of sp³-hybridized carbons (Fsp3) is 0.887. The lowest BCUT2D eigenvalue weighted by atomic mass is 10.0. The summed E-state index contributed by atoms with van der Waals surface area (Å²) in [6, 6.07) is 0. The van der Waals surface area contributed by atoms with E-state index in [1.165, 1.54) is 205 Å². The number of ether oxygens (including phenoxy) is 2. The average Bonchev–Trinajstić information content (AvgIpc) is 3.23. The van der Waals surface area contributed by atoms with Crippen molar-refractivity contribution in [2.24, 2.45) is 0 Å². The van der Waals surface area contributed by atoms with Gasteiger partial charge in [0.05, 0.1) is 6.61 Å². The number of carbonyl (C=O) groups is 2. The molecule has 0 aliphatic carbocycles. The van der Waals surface area contributed by atoms with Crippen LogP contribution in [0.5, 0.6) is 0 Å². The van der Waals surface area contributed by atoms with Gasteiger partial charge in [0.25, 0.3) is 0 Å². The highest BCUT2D eigenvalue weighted by atomic mass is 16.6. The van der Waals surface area contributed by atoms with Crippen LogP contribution in [0.2, 0.25) is 0 Å². The molecule has 0 aliphatic heterocycles. The summed E-state index contributed by atoms with van der Waals surface area (Å²) in [5.74, 6) is -0.593. The summed E-state index contributed by atoms with van der Waals surface area (Å²) < 4.78 is 10.7. The number of aliphatic hydroxyl groups is 1. The van der Waals surface area contributed by atoms with Gasteiger partial charge in [-0.2, -0.15) is 0 Å². The largest absolute Gasteiger partial charge is 0.462 e. The van der Waals surface area contributed by atoms with Crippen molar-refractivity contribution in [1.29, 1.82) is 0 Å². The molecule has 0 aromatic carbocycles. The molecule has 0 aliphatic rings. The summed E-state index contributed by atoms with van der Waals surface area (Å²) in [4.78, 5) is 24.4. The van der Waals surface area contributed by atoms with E-state index < -0.39 is 6.10 Å². The molecule has 0 saturated carbocycles. The molecule has 1 N–H and O–H groups in total. The van der Waals surface area contributed by atoms with Crippen molar-refractivity contribution in [3.05, 3.63) is 24.3 Å². The normalized spacial score (nSPS) is 12.3. The molecular weight excluding hydrogens is 717 g/mol. The van der Waals surface area contributed by atoms with Gasteiger partial charge in [-0.3, -0.25) is 9.59 Å². The molecule has 1 atom stereocenters. The Morgan fingerprint density at radius 2 is 0.707 bits per heavy atom. The van der Waals surface area contributed by atoms with Crippen molar-refractivity contribution in [2.45, 2.75) is 290 Å². The summed E-state index contributed by atoms with van der Waals surface area (Å²) in [5.41, 5.74) is 0. The van der Waals surface area contributed by atoms with Crippen molar-refractivity contribution < 1.29 is 24.2 Å². The van der Waals surface area contributed by atoms with Crippen LogP contribution >= 0.6 is 0 Å². The molecule has 0 aromatic rings. The maximum absolute atomic E-state index is 12.2. The van der Waals surface area contributed by atoms with Gasteiger partial charge in [-0.1, -0.05) is 256 Å². The van der Waals surface area contributed by atoms with Crippen LogP contribution < -0.4 is 0 Å². The molecule has 0 rings (SSSR count). The lowest BCUT2D eigenvalue weighted by Crippen LogP contribution is -2.28. The van der Waals surface area contributed by atoms with E-state index in [-0.39, 0.29) is 25.2 Å². The second kappa shape index (κ2) is 49.7. The van der Waals surface area contributed by atoms with Gasteiger partial charge in [-0.15, -0.1) is 0 Å². The number of allylic oxidation sites excluding steroid dienone is 4. The topological polar surface area (TPSA) is 72.8 Å². The summed E-state index contributed by atoms with van der Waals surface area (Å²) in [6.07, 6.45) is 61.5. The molecule has 58 heavy (non-hydrogen) atoms. The molecule has 0 heterocycles. The first-order valence-electron chi connectivity index (χ1n) is 25.9. The predicted octanol–water partition coefficient (Wildman–Crippen LogP) is 17.0. The highest BCUT2D eigenvalue weighted by Crippen LogP contribution is 2.17. The van der Waals surface area contributed by atoms with E-state index in [4.69, 9.17) is 9.47 Å². The van der Waals surface area contributed by atoms with Gasteiger partial charge in [-0.05, 0) is 38.5 Å². The Hall–Kier alpha value is -1.62. The first-order valence-corrected chi connectivity index (χ1v) is 25.9. The van der Waals surface area contributed by atoms with Crippen LogP contribution in [-0.4, -0.2) is 36.4 Å². The molecule has 0 fully saturated rings. The number of carbonyl (C=O) groups excluding carboxylic acids is 2. The maximum atomic E-state index is 12.2. The van der Waals surface area contributed by atoms with Gasteiger partial charge >= 0.3 is 11.9 Å². The number of aliphatic hydroxyl groups excluding tert-OH is 1. The van der Waals surface area contributed by atoms with Crippen LogP contribution in [0.1, 0.15) is 284 Å².